The lowest BCUT2D eigenvalue weighted by atomic mass is 10.0. The van der Waals surface area contributed by atoms with Crippen LogP contribution in [-0.2, 0) is 14.3 Å². The highest BCUT2D eigenvalue weighted by atomic mass is 16.5. The Balaban J connectivity index is 4.67. The fraction of sp³-hybridized carbons (Fsp3) is 0.797. The van der Waals surface area contributed by atoms with Crippen molar-refractivity contribution >= 4 is 11.9 Å². The van der Waals surface area contributed by atoms with Crippen LogP contribution in [0.25, 0.3) is 0 Å². The van der Waals surface area contributed by atoms with Crippen molar-refractivity contribution in [2.45, 2.75) is 296 Å². The Morgan fingerprint density at radius 3 is 1.26 bits per heavy atom. The number of aliphatic hydroxyl groups excluding tert-OH is 2. The van der Waals surface area contributed by atoms with Crippen LogP contribution in [0.4, 0.5) is 0 Å². The molecule has 6 nitrogen and oxygen atoms in total. The largest absolute Gasteiger partial charge is 0.462 e. The van der Waals surface area contributed by atoms with Crippen LogP contribution < -0.4 is 5.32 Å². The number of esters is 1. The molecule has 3 N–H and O–H groups in total. The van der Waals surface area contributed by atoms with Crippen molar-refractivity contribution < 1.29 is 24.5 Å². The van der Waals surface area contributed by atoms with Crippen LogP contribution in [0, 0.1) is 0 Å². The van der Waals surface area contributed by atoms with Crippen molar-refractivity contribution in [3.8, 4) is 0 Å². The fourth-order valence-corrected chi connectivity index (χ4v) is 8.30. The van der Waals surface area contributed by atoms with Crippen molar-refractivity contribution in [3.63, 3.8) is 0 Å². The molecule has 0 aliphatic heterocycles. The van der Waals surface area contributed by atoms with Crippen molar-refractivity contribution in [1.82, 2.24) is 5.32 Å². The molecule has 0 fully saturated rings. The minimum absolute atomic E-state index is 0.0364. The molecular formula is C59H107NO5. The normalized spacial score (nSPS) is 13.6. The number of hydrogen-bond acceptors (Lipinski definition) is 5. The summed E-state index contributed by atoms with van der Waals surface area (Å²) in [6, 6.07) is -0.721. The standard InChI is InChI=1S/C59H107NO5/c1-4-7-10-13-16-19-22-24-26-28-30-32-34-37-40-43-46-49-52-59(64)65-55(50-47-44-41-38-36-33-31-29-27-25-23-20-17-14-11-8-5-2)53-58(63)60-56(54-61)57(62)51-48-45-42-39-35-21-18-15-12-9-6-3/h17,20,25,27,30-33,38,41,55-57,61-62H,4-16,18-19,21-24,26,28-29,34-37,39-40,42-54H2,1-3H3,(H,60,63)/b20-17-,27-25-,32-30+,33-31-,41-38-. The van der Waals surface area contributed by atoms with Gasteiger partial charge in [0, 0.05) is 6.42 Å². The second-order valence-electron chi connectivity index (χ2n) is 19.0. The molecule has 0 saturated carbocycles. The average Bonchev–Trinajstić information content (AvgIpc) is 3.30. The average molecular weight is 911 g/mol. The number of carbonyl (C=O) groups is 2. The molecule has 3 unspecified atom stereocenters. The maximum atomic E-state index is 13.2. The number of unbranched alkanes of at least 4 members (excludes halogenated alkanes) is 28. The Morgan fingerprint density at radius 1 is 0.446 bits per heavy atom. The van der Waals surface area contributed by atoms with Gasteiger partial charge < -0.3 is 20.3 Å². The summed E-state index contributed by atoms with van der Waals surface area (Å²) >= 11 is 0. The van der Waals surface area contributed by atoms with Gasteiger partial charge in [0.05, 0.1) is 25.2 Å². The molecule has 0 aromatic rings. The van der Waals surface area contributed by atoms with Gasteiger partial charge in [-0.05, 0) is 89.9 Å². The van der Waals surface area contributed by atoms with E-state index < -0.39 is 18.2 Å². The van der Waals surface area contributed by atoms with Crippen LogP contribution in [-0.4, -0.2) is 46.9 Å². The first-order valence-electron chi connectivity index (χ1n) is 28.0. The van der Waals surface area contributed by atoms with Crippen LogP contribution in [0.1, 0.15) is 278 Å². The Hall–Kier alpha value is -2.44. The van der Waals surface area contributed by atoms with Gasteiger partial charge in [-0.1, -0.05) is 236 Å². The zero-order chi connectivity index (χ0) is 47.4. The van der Waals surface area contributed by atoms with Crippen LogP contribution in [0.2, 0.25) is 0 Å². The van der Waals surface area contributed by atoms with Gasteiger partial charge in [0.15, 0.2) is 0 Å². The molecule has 0 saturated heterocycles. The monoisotopic (exact) mass is 910 g/mol. The number of hydrogen-bond donors (Lipinski definition) is 3. The number of rotatable bonds is 50. The molecule has 0 rings (SSSR count). The van der Waals surface area contributed by atoms with E-state index in [1.165, 1.54) is 154 Å². The highest BCUT2D eigenvalue weighted by Crippen LogP contribution is 2.17. The molecule has 65 heavy (non-hydrogen) atoms. The van der Waals surface area contributed by atoms with E-state index in [-0.39, 0.29) is 24.9 Å². The van der Waals surface area contributed by atoms with E-state index in [1.807, 2.05) is 0 Å². The molecule has 378 valence electrons. The summed E-state index contributed by atoms with van der Waals surface area (Å²) in [6.45, 7) is 6.45. The summed E-state index contributed by atoms with van der Waals surface area (Å²) in [5.41, 5.74) is 0. The third-order valence-electron chi connectivity index (χ3n) is 12.6. The summed E-state index contributed by atoms with van der Waals surface area (Å²) in [5.74, 6) is -0.532. The molecule has 1 amide bonds. The van der Waals surface area contributed by atoms with E-state index in [0.29, 0.717) is 19.3 Å². The van der Waals surface area contributed by atoms with Gasteiger partial charge in [-0.25, -0.2) is 0 Å². The number of aliphatic hydroxyl groups is 2. The second-order valence-corrected chi connectivity index (χ2v) is 19.0. The molecule has 0 aromatic heterocycles. The van der Waals surface area contributed by atoms with Crippen LogP contribution in [0.15, 0.2) is 60.8 Å². The maximum Gasteiger partial charge on any atom is 0.306 e. The molecule has 0 aliphatic carbocycles. The molecule has 0 aromatic carbocycles. The number of amides is 1. The maximum absolute atomic E-state index is 13.2. The summed E-state index contributed by atoms with van der Waals surface area (Å²) in [5, 5.41) is 23.8. The van der Waals surface area contributed by atoms with E-state index in [9.17, 15) is 19.8 Å². The molecule has 0 radical (unpaired) electrons. The van der Waals surface area contributed by atoms with E-state index >= 15 is 0 Å². The summed E-state index contributed by atoms with van der Waals surface area (Å²) in [6.07, 6.45) is 65.7. The zero-order valence-electron chi connectivity index (χ0n) is 43.1. The Kier molecular flexibility index (Phi) is 50.6. The Labute approximate surface area is 403 Å². The Morgan fingerprint density at radius 2 is 0.800 bits per heavy atom. The van der Waals surface area contributed by atoms with Crippen LogP contribution in [0.3, 0.4) is 0 Å². The highest BCUT2D eigenvalue weighted by Gasteiger charge is 2.24. The van der Waals surface area contributed by atoms with Gasteiger partial charge in [0.1, 0.15) is 6.10 Å². The summed E-state index contributed by atoms with van der Waals surface area (Å²) < 4.78 is 5.92. The topological polar surface area (TPSA) is 95.9 Å². The predicted octanol–water partition coefficient (Wildman–Crippen LogP) is 17.2. The Bertz CT molecular complexity index is 1160. The number of allylic oxidation sites excluding steroid dienone is 10. The van der Waals surface area contributed by atoms with Gasteiger partial charge in [0.2, 0.25) is 5.91 Å². The third-order valence-corrected chi connectivity index (χ3v) is 12.6. The van der Waals surface area contributed by atoms with Crippen LogP contribution >= 0.6 is 0 Å². The number of carbonyl (C=O) groups excluding carboxylic acids is 2. The van der Waals surface area contributed by atoms with Gasteiger partial charge in [-0.15, -0.1) is 0 Å². The second kappa shape index (κ2) is 52.5. The van der Waals surface area contributed by atoms with E-state index in [1.54, 1.807) is 0 Å². The summed E-state index contributed by atoms with van der Waals surface area (Å²) in [7, 11) is 0. The summed E-state index contributed by atoms with van der Waals surface area (Å²) in [4.78, 5) is 26.2. The first kappa shape index (κ1) is 62.6. The highest BCUT2D eigenvalue weighted by molar-refractivity contribution is 5.77. The van der Waals surface area contributed by atoms with Crippen molar-refractivity contribution in [2.75, 3.05) is 6.61 Å². The van der Waals surface area contributed by atoms with Crippen molar-refractivity contribution in [1.29, 1.82) is 0 Å². The lowest BCUT2D eigenvalue weighted by molar-refractivity contribution is -0.151. The van der Waals surface area contributed by atoms with Crippen LogP contribution in [0.5, 0.6) is 0 Å². The first-order chi connectivity index (χ1) is 32.0. The SMILES string of the molecule is CCCCC/C=C\C/C=C\C/C=C\C/C=C\CCCC(CC(=O)NC(CO)C(O)CCCCCCCCCCCCC)OC(=O)CCCCCCC/C=C/CCCCCCCCCCC. The number of nitrogens with one attached hydrogen (secondary N) is 1. The zero-order valence-corrected chi connectivity index (χ0v) is 43.1. The quantitative estimate of drug-likeness (QED) is 0.0321. The van der Waals surface area contributed by atoms with E-state index in [0.717, 1.165) is 77.0 Å². The van der Waals surface area contributed by atoms with Crippen molar-refractivity contribution in [2.24, 2.45) is 0 Å². The lowest BCUT2D eigenvalue weighted by Crippen LogP contribution is -2.46. The fourth-order valence-electron chi connectivity index (χ4n) is 8.30. The predicted molar refractivity (Wildman–Crippen MR) is 282 cm³/mol. The number of ether oxygens (including phenoxy) is 1. The van der Waals surface area contributed by atoms with Gasteiger partial charge >= 0.3 is 5.97 Å². The van der Waals surface area contributed by atoms with Gasteiger partial charge in [-0.2, -0.15) is 0 Å². The van der Waals surface area contributed by atoms with Crippen molar-refractivity contribution in [3.05, 3.63) is 60.8 Å². The molecule has 0 aliphatic rings. The van der Waals surface area contributed by atoms with Gasteiger partial charge in [0.25, 0.3) is 0 Å². The van der Waals surface area contributed by atoms with E-state index in [4.69, 9.17) is 4.74 Å². The first-order valence-corrected chi connectivity index (χ1v) is 28.0. The molecule has 3 atom stereocenters. The smallest absolute Gasteiger partial charge is 0.306 e. The third kappa shape index (κ3) is 47.8. The molecule has 6 heteroatoms. The molecular weight excluding hydrogens is 803 g/mol. The van der Waals surface area contributed by atoms with E-state index in [2.05, 4.69) is 86.8 Å². The molecule has 0 heterocycles. The molecule has 0 spiro atoms. The lowest BCUT2D eigenvalue weighted by Gasteiger charge is -2.24. The minimum Gasteiger partial charge on any atom is -0.462 e. The van der Waals surface area contributed by atoms with Gasteiger partial charge in [-0.3, -0.25) is 9.59 Å². The minimum atomic E-state index is -0.804. The molecule has 0 bridgehead atoms.